The number of pyridine rings is 1. The molecule has 2 heterocycles. The highest BCUT2D eigenvalue weighted by Crippen LogP contribution is 2.31. The van der Waals surface area contributed by atoms with Gasteiger partial charge in [-0.05, 0) is 25.2 Å². The number of hydrogen-bond donors (Lipinski definition) is 1. The van der Waals surface area contributed by atoms with Gasteiger partial charge in [0.25, 0.3) is 5.91 Å². The third-order valence-electron chi connectivity index (χ3n) is 4.45. The summed E-state index contributed by atoms with van der Waals surface area (Å²) in [7, 11) is 5.26. The van der Waals surface area contributed by atoms with Crippen LogP contribution < -0.4 is 14.8 Å². The molecule has 1 fully saturated rings. The lowest BCUT2D eigenvalue weighted by Gasteiger charge is -2.32. The van der Waals surface area contributed by atoms with E-state index in [1.54, 1.807) is 26.6 Å². The fourth-order valence-electron chi connectivity index (χ4n) is 2.90. The zero-order valence-electron chi connectivity index (χ0n) is 15.4. The van der Waals surface area contributed by atoms with Gasteiger partial charge in [0.05, 0.1) is 31.7 Å². The number of ether oxygens (including phenoxy) is 2. The standard InChI is InChI=1S/C19H24N4O3/c1-22-6-8-23(9-7-22)19(24)14-10-16(13-20-12-14)21-15-4-5-17(25-2)18(11-15)26-3/h4-5,10-13,21H,6-9H2,1-3H3. The first-order chi connectivity index (χ1) is 12.6. The van der Waals surface area contributed by atoms with Gasteiger partial charge in [0.2, 0.25) is 0 Å². The number of nitrogens with zero attached hydrogens (tertiary/aromatic N) is 3. The van der Waals surface area contributed by atoms with Crippen LogP contribution in [0.1, 0.15) is 10.4 Å². The zero-order chi connectivity index (χ0) is 18.5. The average molecular weight is 356 g/mol. The molecule has 1 aliphatic rings. The van der Waals surface area contributed by atoms with Crippen LogP contribution in [0.5, 0.6) is 11.5 Å². The number of anilines is 2. The summed E-state index contributed by atoms with van der Waals surface area (Å²) in [5.41, 5.74) is 2.16. The Hall–Kier alpha value is -2.80. The van der Waals surface area contributed by atoms with Crippen molar-refractivity contribution in [2.75, 3.05) is 52.8 Å². The number of carbonyl (C=O) groups is 1. The first-order valence-corrected chi connectivity index (χ1v) is 8.52. The Morgan fingerprint density at radius 1 is 1.00 bits per heavy atom. The van der Waals surface area contributed by atoms with Gasteiger partial charge in [-0.2, -0.15) is 0 Å². The second kappa shape index (κ2) is 8.05. The molecule has 0 aliphatic carbocycles. The summed E-state index contributed by atoms with van der Waals surface area (Å²) in [6, 6.07) is 7.38. The fourth-order valence-corrected chi connectivity index (χ4v) is 2.90. The summed E-state index contributed by atoms with van der Waals surface area (Å²) >= 11 is 0. The van der Waals surface area contributed by atoms with E-state index in [1.807, 2.05) is 29.2 Å². The van der Waals surface area contributed by atoms with E-state index in [0.29, 0.717) is 17.1 Å². The number of likely N-dealkylation sites (N-methyl/N-ethyl adjacent to an activating group) is 1. The summed E-state index contributed by atoms with van der Waals surface area (Å²) < 4.78 is 10.6. The molecule has 1 aromatic heterocycles. The van der Waals surface area contributed by atoms with E-state index >= 15 is 0 Å². The van der Waals surface area contributed by atoms with Crippen LogP contribution in [0.15, 0.2) is 36.7 Å². The number of piperazine rings is 1. The van der Waals surface area contributed by atoms with Gasteiger partial charge < -0.3 is 24.6 Å². The Kier molecular flexibility index (Phi) is 5.58. The van der Waals surface area contributed by atoms with Gasteiger partial charge in [-0.15, -0.1) is 0 Å². The van der Waals surface area contributed by atoms with Crippen LogP contribution in [-0.4, -0.2) is 68.1 Å². The molecule has 7 heteroatoms. The molecular formula is C19H24N4O3. The van der Waals surface area contributed by atoms with Crippen molar-refractivity contribution in [1.29, 1.82) is 0 Å². The molecule has 0 spiro atoms. The van der Waals surface area contributed by atoms with Crippen LogP contribution in [0.4, 0.5) is 11.4 Å². The normalized spacial score (nSPS) is 14.8. The second-order valence-electron chi connectivity index (χ2n) is 6.25. The maximum atomic E-state index is 12.7. The molecule has 0 bridgehead atoms. The monoisotopic (exact) mass is 356 g/mol. The van der Waals surface area contributed by atoms with Gasteiger partial charge >= 0.3 is 0 Å². The highest BCUT2D eigenvalue weighted by Gasteiger charge is 2.20. The molecule has 0 saturated carbocycles. The van der Waals surface area contributed by atoms with Gasteiger partial charge in [-0.3, -0.25) is 9.78 Å². The smallest absolute Gasteiger partial charge is 0.255 e. The number of methoxy groups -OCH3 is 2. The van der Waals surface area contributed by atoms with Crippen LogP contribution >= 0.6 is 0 Å². The van der Waals surface area contributed by atoms with E-state index in [9.17, 15) is 4.79 Å². The molecule has 0 atom stereocenters. The number of nitrogens with one attached hydrogen (secondary N) is 1. The minimum atomic E-state index is 0.0153. The van der Waals surface area contributed by atoms with Crippen molar-refractivity contribution in [3.8, 4) is 11.5 Å². The molecule has 1 aromatic carbocycles. The highest BCUT2D eigenvalue weighted by molar-refractivity contribution is 5.95. The Bertz CT molecular complexity index is 773. The summed E-state index contributed by atoms with van der Waals surface area (Å²) in [5.74, 6) is 1.31. The zero-order valence-corrected chi connectivity index (χ0v) is 15.4. The van der Waals surface area contributed by atoms with Gasteiger partial charge in [0.1, 0.15) is 0 Å². The lowest BCUT2D eigenvalue weighted by molar-refractivity contribution is 0.0663. The van der Waals surface area contributed by atoms with Crippen molar-refractivity contribution < 1.29 is 14.3 Å². The van der Waals surface area contributed by atoms with Crippen molar-refractivity contribution in [2.45, 2.75) is 0 Å². The highest BCUT2D eigenvalue weighted by atomic mass is 16.5. The molecule has 1 aliphatic heterocycles. The number of rotatable bonds is 5. The quantitative estimate of drug-likeness (QED) is 0.886. The second-order valence-corrected chi connectivity index (χ2v) is 6.25. The largest absolute Gasteiger partial charge is 0.493 e. The summed E-state index contributed by atoms with van der Waals surface area (Å²) in [4.78, 5) is 21.0. The van der Waals surface area contributed by atoms with Crippen molar-refractivity contribution in [2.24, 2.45) is 0 Å². The molecule has 1 N–H and O–H groups in total. The molecule has 0 radical (unpaired) electrons. The van der Waals surface area contributed by atoms with Crippen LogP contribution in [0.3, 0.4) is 0 Å². The van der Waals surface area contributed by atoms with Gasteiger partial charge in [-0.1, -0.05) is 0 Å². The van der Waals surface area contributed by atoms with E-state index < -0.39 is 0 Å². The third-order valence-corrected chi connectivity index (χ3v) is 4.45. The SMILES string of the molecule is COc1ccc(Nc2cncc(C(=O)N3CCN(C)CC3)c2)cc1OC. The average Bonchev–Trinajstić information content (AvgIpc) is 2.68. The fraction of sp³-hybridized carbons (Fsp3) is 0.368. The van der Waals surface area contributed by atoms with Gasteiger partial charge in [0.15, 0.2) is 11.5 Å². The molecule has 7 nitrogen and oxygen atoms in total. The van der Waals surface area contributed by atoms with Gasteiger partial charge in [0, 0.05) is 44.1 Å². The maximum Gasteiger partial charge on any atom is 0.255 e. The Morgan fingerprint density at radius 3 is 2.42 bits per heavy atom. The Morgan fingerprint density at radius 2 is 1.73 bits per heavy atom. The summed E-state index contributed by atoms with van der Waals surface area (Å²) in [6.45, 7) is 3.26. The van der Waals surface area contributed by atoms with E-state index in [4.69, 9.17) is 9.47 Å². The molecule has 26 heavy (non-hydrogen) atoms. The molecule has 1 amide bonds. The lowest BCUT2D eigenvalue weighted by atomic mass is 10.2. The predicted octanol–water partition coefficient (Wildman–Crippen LogP) is 2.23. The molecule has 138 valence electrons. The van der Waals surface area contributed by atoms with Crippen LogP contribution in [0, 0.1) is 0 Å². The lowest BCUT2D eigenvalue weighted by Crippen LogP contribution is -2.47. The maximum absolute atomic E-state index is 12.7. The summed E-state index contributed by atoms with van der Waals surface area (Å²) in [6.07, 6.45) is 3.30. The van der Waals surface area contributed by atoms with Crippen LogP contribution in [0.2, 0.25) is 0 Å². The summed E-state index contributed by atoms with van der Waals surface area (Å²) in [5, 5.41) is 3.26. The van der Waals surface area contributed by atoms with Crippen molar-refractivity contribution >= 4 is 17.3 Å². The topological polar surface area (TPSA) is 66.9 Å². The van der Waals surface area contributed by atoms with Crippen molar-refractivity contribution in [3.05, 3.63) is 42.2 Å². The molecule has 0 unspecified atom stereocenters. The minimum absolute atomic E-state index is 0.0153. The van der Waals surface area contributed by atoms with E-state index in [2.05, 4.69) is 22.2 Å². The molecule has 1 saturated heterocycles. The first kappa shape index (κ1) is 18.0. The van der Waals surface area contributed by atoms with Gasteiger partial charge in [-0.25, -0.2) is 0 Å². The van der Waals surface area contributed by atoms with Crippen LogP contribution in [0.25, 0.3) is 0 Å². The third kappa shape index (κ3) is 4.05. The number of aromatic nitrogens is 1. The molecule has 3 rings (SSSR count). The van der Waals surface area contributed by atoms with Crippen molar-refractivity contribution in [3.63, 3.8) is 0 Å². The predicted molar refractivity (Wildman–Crippen MR) is 100 cm³/mol. The first-order valence-electron chi connectivity index (χ1n) is 8.52. The van der Waals surface area contributed by atoms with Crippen LogP contribution in [-0.2, 0) is 0 Å². The van der Waals surface area contributed by atoms with E-state index in [1.165, 1.54) is 0 Å². The van der Waals surface area contributed by atoms with E-state index in [0.717, 1.165) is 37.6 Å². The Balaban J connectivity index is 1.74. The molecule has 2 aromatic rings. The number of hydrogen-bond acceptors (Lipinski definition) is 6. The van der Waals surface area contributed by atoms with Crippen molar-refractivity contribution in [1.82, 2.24) is 14.8 Å². The van der Waals surface area contributed by atoms with E-state index in [-0.39, 0.29) is 5.91 Å². The minimum Gasteiger partial charge on any atom is -0.493 e. The Labute approximate surface area is 153 Å². The number of carbonyl (C=O) groups excluding carboxylic acids is 1. The number of amides is 1. The number of benzene rings is 1. The molecular weight excluding hydrogens is 332 g/mol.